The first-order chi connectivity index (χ1) is 8.41. The molecule has 0 atom stereocenters. The second kappa shape index (κ2) is 5.08. The zero-order valence-electron chi connectivity index (χ0n) is 9.89. The number of hydrogen-bond acceptors (Lipinski definition) is 5. The summed E-state index contributed by atoms with van der Waals surface area (Å²) in [5.74, 6) is 0. The van der Waals surface area contributed by atoms with Crippen LogP contribution in [-0.2, 0) is 14.8 Å². The Kier molecular flexibility index (Phi) is 3.86. The van der Waals surface area contributed by atoms with Gasteiger partial charge in [-0.15, -0.1) is 0 Å². The predicted molar refractivity (Wildman–Crippen MR) is 65.8 cm³/mol. The Balaban J connectivity index is 2.18. The largest absolute Gasteiger partial charge is 0.381 e. The smallest absolute Gasteiger partial charge is 0.244 e. The van der Waals surface area contributed by atoms with Gasteiger partial charge in [-0.1, -0.05) is 0 Å². The molecule has 1 N–H and O–H groups in total. The van der Waals surface area contributed by atoms with Crippen molar-refractivity contribution in [1.82, 2.24) is 14.7 Å². The second-order valence-corrected chi connectivity index (χ2v) is 6.49. The van der Waals surface area contributed by atoms with E-state index in [9.17, 15) is 8.42 Å². The fourth-order valence-electron chi connectivity index (χ4n) is 1.75. The van der Waals surface area contributed by atoms with Gasteiger partial charge in [-0.05, 0) is 31.4 Å². The SMILES string of the molecule is CC1(NS(=O)(=O)c2cnc(Cl)nc2)CCOCC1. The molecule has 2 heterocycles. The number of nitrogens with zero attached hydrogens (tertiary/aromatic N) is 2. The topological polar surface area (TPSA) is 81.2 Å². The van der Waals surface area contributed by atoms with Crippen molar-refractivity contribution < 1.29 is 13.2 Å². The molecule has 0 bridgehead atoms. The van der Waals surface area contributed by atoms with Gasteiger partial charge in [-0.3, -0.25) is 0 Å². The Hall–Kier alpha value is -0.760. The van der Waals surface area contributed by atoms with Crippen LogP contribution in [0.25, 0.3) is 0 Å². The van der Waals surface area contributed by atoms with E-state index >= 15 is 0 Å². The molecule has 1 aliphatic heterocycles. The molecule has 0 amide bonds. The van der Waals surface area contributed by atoms with Crippen LogP contribution in [0.1, 0.15) is 19.8 Å². The summed E-state index contributed by atoms with van der Waals surface area (Å²) in [4.78, 5) is 7.36. The third-order valence-electron chi connectivity index (χ3n) is 2.88. The zero-order valence-corrected chi connectivity index (χ0v) is 11.5. The van der Waals surface area contributed by atoms with E-state index in [0.717, 1.165) is 0 Å². The number of ether oxygens (including phenoxy) is 1. The molecule has 1 aliphatic rings. The number of sulfonamides is 1. The molecule has 2 rings (SSSR count). The molecule has 1 fully saturated rings. The third-order valence-corrected chi connectivity index (χ3v) is 4.67. The van der Waals surface area contributed by atoms with Crippen LogP contribution in [0.4, 0.5) is 0 Å². The van der Waals surface area contributed by atoms with E-state index in [1.807, 2.05) is 6.92 Å². The molecule has 1 aromatic rings. The number of nitrogens with one attached hydrogen (secondary N) is 1. The third kappa shape index (κ3) is 3.17. The first-order valence-corrected chi connectivity index (χ1v) is 7.37. The van der Waals surface area contributed by atoms with Gasteiger partial charge in [-0.2, -0.15) is 0 Å². The van der Waals surface area contributed by atoms with Crippen LogP contribution in [-0.4, -0.2) is 37.1 Å². The summed E-state index contributed by atoms with van der Waals surface area (Å²) < 4.78 is 32.2. The van der Waals surface area contributed by atoms with E-state index < -0.39 is 15.6 Å². The molecule has 0 aliphatic carbocycles. The van der Waals surface area contributed by atoms with Crippen molar-refractivity contribution in [2.45, 2.75) is 30.2 Å². The van der Waals surface area contributed by atoms with Gasteiger partial charge in [0.15, 0.2) is 0 Å². The van der Waals surface area contributed by atoms with Crippen molar-refractivity contribution in [1.29, 1.82) is 0 Å². The van der Waals surface area contributed by atoms with Crippen molar-refractivity contribution in [3.63, 3.8) is 0 Å². The Morgan fingerprint density at radius 3 is 2.44 bits per heavy atom. The monoisotopic (exact) mass is 291 g/mol. The summed E-state index contributed by atoms with van der Waals surface area (Å²) in [6.45, 7) is 2.97. The van der Waals surface area contributed by atoms with E-state index in [-0.39, 0.29) is 10.2 Å². The van der Waals surface area contributed by atoms with Crippen molar-refractivity contribution in [3.8, 4) is 0 Å². The van der Waals surface area contributed by atoms with Crippen molar-refractivity contribution in [2.75, 3.05) is 13.2 Å². The maximum absolute atomic E-state index is 12.1. The molecule has 0 spiro atoms. The minimum absolute atomic E-state index is 0.0135. The highest BCUT2D eigenvalue weighted by atomic mass is 35.5. The molecule has 0 saturated carbocycles. The van der Waals surface area contributed by atoms with Crippen LogP contribution in [0.15, 0.2) is 17.3 Å². The summed E-state index contributed by atoms with van der Waals surface area (Å²) in [6, 6.07) is 0. The lowest BCUT2D eigenvalue weighted by Crippen LogP contribution is -2.49. The Bertz CT molecular complexity index is 512. The zero-order chi connectivity index (χ0) is 13.2. The Morgan fingerprint density at radius 2 is 1.89 bits per heavy atom. The maximum atomic E-state index is 12.1. The molecule has 18 heavy (non-hydrogen) atoms. The van der Waals surface area contributed by atoms with E-state index in [1.54, 1.807) is 0 Å². The van der Waals surface area contributed by atoms with Gasteiger partial charge >= 0.3 is 0 Å². The van der Waals surface area contributed by atoms with Gasteiger partial charge in [0.25, 0.3) is 0 Å². The molecule has 100 valence electrons. The standard InChI is InChI=1S/C10H14ClN3O3S/c1-10(2-4-17-5-3-10)14-18(15,16)8-6-12-9(11)13-7-8/h6-7,14H,2-5H2,1H3. The van der Waals surface area contributed by atoms with Crippen LogP contribution in [0, 0.1) is 0 Å². The van der Waals surface area contributed by atoms with Crippen LogP contribution in [0.3, 0.4) is 0 Å². The van der Waals surface area contributed by atoms with Crippen molar-refractivity contribution in [3.05, 3.63) is 17.7 Å². The van der Waals surface area contributed by atoms with E-state index in [2.05, 4.69) is 14.7 Å². The fraction of sp³-hybridized carbons (Fsp3) is 0.600. The van der Waals surface area contributed by atoms with E-state index in [1.165, 1.54) is 12.4 Å². The van der Waals surface area contributed by atoms with Crippen LogP contribution >= 0.6 is 11.6 Å². The molecular formula is C10H14ClN3O3S. The predicted octanol–water partition coefficient (Wildman–Crippen LogP) is 0.977. The Labute approximate surface area is 111 Å². The quantitative estimate of drug-likeness (QED) is 0.840. The van der Waals surface area contributed by atoms with Gasteiger partial charge in [0.1, 0.15) is 4.90 Å². The molecule has 0 unspecified atom stereocenters. The summed E-state index contributed by atoms with van der Waals surface area (Å²) in [7, 11) is -3.62. The maximum Gasteiger partial charge on any atom is 0.244 e. The average molecular weight is 292 g/mol. The van der Waals surface area contributed by atoms with Crippen molar-refractivity contribution in [2.24, 2.45) is 0 Å². The van der Waals surface area contributed by atoms with Crippen LogP contribution < -0.4 is 4.72 Å². The normalized spacial score (nSPS) is 19.7. The summed E-state index contributed by atoms with van der Waals surface area (Å²) in [5.41, 5.74) is -0.489. The van der Waals surface area contributed by atoms with Gasteiger partial charge in [0.2, 0.25) is 15.3 Å². The summed E-state index contributed by atoms with van der Waals surface area (Å²) in [5, 5.41) is 0.0197. The Morgan fingerprint density at radius 1 is 1.33 bits per heavy atom. The lowest BCUT2D eigenvalue weighted by molar-refractivity contribution is 0.0537. The second-order valence-electron chi connectivity index (χ2n) is 4.47. The molecule has 1 saturated heterocycles. The number of aromatic nitrogens is 2. The molecular weight excluding hydrogens is 278 g/mol. The molecule has 6 nitrogen and oxygen atoms in total. The van der Waals surface area contributed by atoms with Gasteiger partial charge < -0.3 is 4.74 Å². The van der Waals surface area contributed by atoms with E-state index in [0.29, 0.717) is 26.1 Å². The summed E-state index contributed by atoms with van der Waals surface area (Å²) >= 11 is 5.53. The number of halogens is 1. The fourth-order valence-corrected chi connectivity index (χ4v) is 3.20. The highest BCUT2D eigenvalue weighted by Gasteiger charge is 2.32. The minimum atomic E-state index is -3.62. The lowest BCUT2D eigenvalue weighted by atomic mass is 9.94. The van der Waals surface area contributed by atoms with Gasteiger partial charge in [0.05, 0.1) is 12.4 Å². The highest BCUT2D eigenvalue weighted by molar-refractivity contribution is 7.89. The van der Waals surface area contributed by atoms with Crippen molar-refractivity contribution >= 4 is 21.6 Å². The molecule has 1 aromatic heterocycles. The van der Waals surface area contributed by atoms with Crippen LogP contribution in [0.5, 0.6) is 0 Å². The first-order valence-electron chi connectivity index (χ1n) is 5.51. The molecule has 8 heteroatoms. The van der Waals surface area contributed by atoms with Gasteiger partial charge in [-0.25, -0.2) is 23.1 Å². The highest BCUT2D eigenvalue weighted by Crippen LogP contribution is 2.22. The molecule has 0 radical (unpaired) electrons. The number of hydrogen-bond donors (Lipinski definition) is 1. The average Bonchev–Trinajstić information content (AvgIpc) is 2.29. The summed E-state index contributed by atoms with van der Waals surface area (Å²) in [6.07, 6.45) is 3.67. The molecule has 0 aromatic carbocycles. The van der Waals surface area contributed by atoms with Crippen LogP contribution in [0.2, 0.25) is 5.28 Å². The van der Waals surface area contributed by atoms with Gasteiger partial charge in [0, 0.05) is 18.8 Å². The first kappa shape index (κ1) is 13.7. The number of rotatable bonds is 3. The van der Waals surface area contributed by atoms with E-state index in [4.69, 9.17) is 16.3 Å². The lowest BCUT2D eigenvalue weighted by Gasteiger charge is -2.33. The minimum Gasteiger partial charge on any atom is -0.381 e.